The highest BCUT2D eigenvalue weighted by Gasteiger charge is 2.25. The number of carbonyl (C=O) groups excluding carboxylic acids is 2. The molecular formula is C24H23ClN6O4. The summed E-state index contributed by atoms with van der Waals surface area (Å²) in [6.07, 6.45) is 5.59. The van der Waals surface area contributed by atoms with E-state index >= 15 is 0 Å². The number of pyridine rings is 1. The van der Waals surface area contributed by atoms with E-state index in [2.05, 4.69) is 25.7 Å². The molecule has 1 aromatic carbocycles. The highest BCUT2D eigenvalue weighted by Crippen LogP contribution is 2.34. The first-order valence-corrected chi connectivity index (χ1v) is 11.6. The first-order valence-electron chi connectivity index (χ1n) is 11.3. The van der Waals surface area contributed by atoms with Gasteiger partial charge >= 0.3 is 5.97 Å². The van der Waals surface area contributed by atoms with Crippen LogP contribution < -0.4 is 10.6 Å². The van der Waals surface area contributed by atoms with Crippen molar-refractivity contribution >= 4 is 40.2 Å². The van der Waals surface area contributed by atoms with Crippen LogP contribution in [-0.4, -0.2) is 44.3 Å². The summed E-state index contributed by atoms with van der Waals surface area (Å²) in [5, 5.41) is 12.1. The van der Waals surface area contributed by atoms with E-state index in [1.165, 1.54) is 6.26 Å². The molecule has 2 N–H and O–H groups in total. The van der Waals surface area contributed by atoms with Gasteiger partial charge in [0.25, 0.3) is 5.91 Å². The second-order valence-corrected chi connectivity index (χ2v) is 8.58. The molecule has 1 fully saturated rings. The average Bonchev–Trinajstić information content (AvgIpc) is 3.51. The summed E-state index contributed by atoms with van der Waals surface area (Å²) in [4.78, 5) is 33.4. The number of halogens is 1. The van der Waals surface area contributed by atoms with Gasteiger partial charge in [0.1, 0.15) is 6.26 Å². The third-order valence-electron chi connectivity index (χ3n) is 5.79. The maximum absolute atomic E-state index is 12.7. The van der Waals surface area contributed by atoms with Gasteiger partial charge < -0.3 is 19.8 Å². The Morgan fingerprint density at radius 1 is 1.26 bits per heavy atom. The van der Waals surface area contributed by atoms with Crippen molar-refractivity contribution in [3.63, 3.8) is 0 Å². The third kappa shape index (κ3) is 4.83. The minimum atomic E-state index is -0.368. The van der Waals surface area contributed by atoms with Gasteiger partial charge in [-0.15, -0.1) is 0 Å². The number of aryl methyl sites for hydroxylation is 1. The van der Waals surface area contributed by atoms with Crippen LogP contribution in [0.5, 0.6) is 0 Å². The number of hydrogen-bond acceptors (Lipinski definition) is 8. The number of oxazole rings is 1. The topological polar surface area (TPSA) is 124 Å². The Morgan fingerprint density at radius 3 is 2.86 bits per heavy atom. The quantitative estimate of drug-likeness (QED) is 0.372. The van der Waals surface area contributed by atoms with Crippen LogP contribution in [0.3, 0.4) is 0 Å². The van der Waals surface area contributed by atoms with E-state index in [0.29, 0.717) is 48.0 Å². The molecule has 4 heterocycles. The maximum atomic E-state index is 12.7. The van der Waals surface area contributed by atoms with Crippen molar-refractivity contribution in [3.05, 3.63) is 59.2 Å². The van der Waals surface area contributed by atoms with E-state index in [0.717, 1.165) is 10.9 Å². The highest BCUT2D eigenvalue weighted by atomic mass is 35.5. The summed E-state index contributed by atoms with van der Waals surface area (Å²) >= 11 is 5.91. The van der Waals surface area contributed by atoms with Crippen molar-refractivity contribution in [3.8, 4) is 11.5 Å². The number of nitrogens with one attached hydrogen (secondary N) is 2. The van der Waals surface area contributed by atoms with Gasteiger partial charge in [0.2, 0.25) is 5.89 Å². The second kappa shape index (κ2) is 9.75. The number of fused-ring (bicyclic) bond motifs is 1. The summed E-state index contributed by atoms with van der Waals surface area (Å²) in [6, 6.07) is 7.09. The zero-order valence-electron chi connectivity index (χ0n) is 19.0. The van der Waals surface area contributed by atoms with Crippen LogP contribution in [0.15, 0.2) is 47.3 Å². The zero-order chi connectivity index (χ0) is 24.4. The maximum Gasteiger partial charge on any atom is 0.307 e. The van der Waals surface area contributed by atoms with Crippen LogP contribution in [0.25, 0.3) is 22.5 Å². The Hall–Kier alpha value is -3.92. The number of benzene rings is 1. The van der Waals surface area contributed by atoms with E-state index in [4.69, 9.17) is 20.8 Å². The second-order valence-electron chi connectivity index (χ2n) is 8.15. The standard InChI is InChI=1S/C24H23ClN6O4/c1-2-31-22-17(12-28-31)21(29-16-7-8-34-20(32)9-16)18(11-26-22)24-30-19(13-35-24)23(33)27-10-14-3-5-15(25)6-4-14/h3-6,11-13,16H,2,7-10H2,1H3,(H,26,29)(H,27,33). The number of hydrogen-bond donors (Lipinski definition) is 2. The average molecular weight is 495 g/mol. The van der Waals surface area contributed by atoms with Gasteiger partial charge in [-0.3, -0.25) is 9.59 Å². The Kier molecular flexibility index (Phi) is 6.37. The van der Waals surface area contributed by atoms with Gasteiger partial charge in [-0.05, 0) is 24.6 Å². The number of ether oxygens (including phenoxy) is 1. The molecular weight excluding hydrogens is 472 g/mol. The fraction of sp³-hybridized carbons (Fsp3) is 0.292. The first-order chi connectivity index (χ1) is 17.0. The Balaban J connectivity index is 1.42. The molecule has 5 rings (SSSR count). The van der Waals surface area contributed by atoms with E-state index in [-0.39, 0.29) is 35.9 Å². The molecule has 1 aliphatic heterocycles. The normalized spacial score (nSPS) is 15.7. The molecule has 0 bridgehead atoms. The lowest BCUT2D eigenvalue weighted by molar-refractivity contribution is -0.147. The number of anilines is 1. The Morgan fingerprint density at radius 2 is 2.09 bits per heavy atom. The summed E-state index contributed by atoms with van der Waals surface area (Å²) < 4.78 is 12.5. The molecule has 1 atom stereocenters. The number of esters is 1. The molecule has 0 spiro atoms. The zero-order valence-corrected chi connectivity index (χ0v) is 19.7. The minimum absolute atomic E-state index is 0.123. The van der Waals surface area contributed by atoms with Crippen LogP contribution in [0.2, 0.25) is 5.02 Å². The van der Waals surface area contributed by atoms with Crippen molar-refractivity contribution in [1.82, 2.24) is 25.1 Å². The monoisotopic (exact) mass is 494 g/mol. The fourth-order valence-corrected chi connectivity index (χ4v) is 4.08. The Bertz CT molecular complexity index is 1380. The third-order valence-corrected chi connectivity index (χ3v) is 6.04. The van der Waals surface area contributed by atoms with Crippen LogP contribution in [0.4, 0.5) is 5.69 Å². The van der Waals surface area contributed by atoms with Gasteiger partial charge in [0.15, 0.2) is 11.3 Å². The van der Waals surface area contributed by atoms with Crippen molar-refractivity contribution < 1.29 is 18.7 Å². The van der Waals surface area contributed by atoms with Crippen molar-refractivity contribution in [2.45, 2.75) is 38.9 Å². The summed E-state index contributed by atoms with van der Waals surface area (Å²) in [6.45, 7) is 3.31. The van der Waals surface area contributed by atoms with Crippen molar-refractivity contribution in [2.75, 3.05) is 11.9 Å². The lowest BCUT2D eigenvalue weighted by Crippen LogP contribution is -2.31. The molecule has 0 radical (unpaired) electrons. The predicted molar refractivity (Wildman–Crippen MR) is 129 cm³/mol. The molecule has 11 heteroatoms. The molecule has 1 unspecified atom stereocenters. The number of amides is 1. The summed E-state index contributed by atoms with van der Waals surface area (Å²) in [5.41, 5.74) is 3.02. The van der Waals surface area contributed by atoms with Crippen LogP contribution in [-0.2, 0) is 22.6 Å². The molecule has 180 valence electrons. The van der Waals surface area contributed by atoms with E-state index in [1.54, 1.807) is 29.2 Å². The highest BCUT2D eigenvalue weighted by molar-refractivity contribution is 6.30. The molecule has 0 saturated carbocycles. The van der Waals surface area contributed by atoms with E-state index in [1.807, 2.05) is 19.1 Å². The molecule has 1 aliphatic rings. The number of rotatable bonds is 7. The van der Waals surface area contributed by atoms with Gasteiger partial charge in [0.05, 0.1) is 35.9 Å². The smallest absolute Gasteiger partial charge is 0.307 e. The summed E-state index contributed by atoms with van der Waals surface area (Å²) in [5.74, 6) is -0.380. The van der Waals surface area contributed by atoms with E-state index in [9.17, 15) is 9.59 Å². The molecule has 35 heavy (non-hydrogen) atoms. The van der Waals surface area contributed by atoms with Crippen molar-refractivity contribution in [1.29, 1.82) is 0 Å². The number of aromatic nitrogens is 4. The predicted octanol–water partition coefficient (Wildman–Crippen LogP) is 3.81. The molecule has 4 aromatic rings. The number of nitrogens with zero attached hydrogens (tertiary/aromatic N) is 4. The van der Waals surface area contributed by atoms with Gasteiger partial charge in [-0.25, -0.2) is 14.6 Å². The largest absolute Gasteiger partial charge is 0.466 e. The van der Waals surface area contributed by atoms with Gasteiger partial charge in [-0.1, -0.05) is 23.7 Å². The molecule has 3 aromatic heterocycles. The lowest BCUT2D eigenvalue weighted by Gasteiger charge is -2.24. The molecule has 1 saturated heterocycles. The SMILES string of the molecule is CCn1ncc2c(NC3CCOC(=O)C3)c(-c3nc(C(=O)NCc4ccc(Cl)cc4)co3)cnc21. The van der Waals surface area contributed by atoms with Crippen LogP contribution in [0.1, 0.15) is 35.8 Å². The summed E-state index contributed by atoms with van der Waals surface area (Å²) in [7, 11) is 0. The first kappa shape index (κ1) is 22.9. The molecule has 10 nitrogen and oxygen atoms in total. The van der Waals surface area contributed by atoms with E-state index < -0.39 is 0 Å². The lowest BCUT2D eigenvalue weighted by atomic mass is 10.1. The molecule has 1 amide bonds. The van der Waals surface area contributed by atoms with Crippen molar-refractivity contribution in [2.24, 2.45) is 0 Å². The van der Waals surface area contributed by atoms with Gasteiger partial charge in [0, 0.05) is 36.8 Å². The molecule has 0 aliphatic carbocycles. The number of cyclic esters (lactones) is 1. The number of carbonyl (C=O) groups is 2. The van der Waals surface area contributed by atoms with Crippen LogP contribution in [0, 0.1) is 0 Å². The fourth-order valence-electron chi connectivity index (χ4n) is 3.96. The Labute approximate surface area is 205 Å². The van der Waals surface area contributed by atoms with Crippen LogP contribution >= 0.6 is 11.6 Å². The minimum Gasteiger partial charge on any atom is -0.466 e. The van der Waals surface area contributed by atoms with Gasteiger partial charge in [-0.2, -0.15) is 5.10 Å².